The largest absolute Gasteiger partial charge is 0.0845 e. The standard InChI is InChI=1S/C15H18/c1-13-9-5-4-8-12-15(13)14-10-6-2-3-7-11-14/h2,5-13,15H,3-4H2,1H3. The van der Waals surface area contributed by atoms with E-state index in [2.05, 4.69) is 61.6 Å². The van der Waals surface area contributed by atoms with Gasteiger partial charge in [-0.05, 0) is 24.3 Å². The Kier molecular flexibility index (Phi) is 3.39. The maximum absolute atomic E-state index is 2.35. The van der Waals surface area contributed by atoms with Crippen LogP contribution in [0.25, 0.3) is 0 Å². The summed E-state index contributed by atoms with van der Waals surface area (Å²) >= 11 is 0. The third-order valence-electron chi connectivity index (χ3n) is 3.01. The summed E-state index contributed by atoms with van der Waals surface area (Å²) in [6, 6.07) is 0. The fraction of sp³-hybridized carbons (Fsp3) is 0.333. The van der Waals surface area contributed by atoms with Gasteiger partial charge < -0.3 is 0 Å². The molecule has 0 aromatic rings. The summed E-state index contributed by atoms with van der Waals surface area (Å²) in [5, 5.41) is 0. The minimum absolute atomic E-state index is 0.544. The highest BCUT2D eigenvalue weighted by molar-refractivity contribution is 5.33. The van der Waals surface area contributed by atoms with E-state index in [4.69, 9.17) is 0 Å². The zero-order chi connectivity index (χ0) is 10.5. The molecule has 0 spiro atoms. The Hall–Kier alpha value is -1.30. The Bertz CT molecular complexity index is 350. The molecule has 0 nitrogen and oxygen atoms in total. The smallest absolute Gasteiger partial charge is 0.00781 e. The van der Waals surface area contributed by atoms with Crippen LogP contribution < -0.4 is 0 Å². The van der Waals surface area contributed by atoms with Crippen LogP contribution in [0.15, 0.2) is 60.3 Å². The molecule has 2 unspecified atom stereocenters. The molecule has 0 heteroatoms. The van der Waals surface area contributed by atoms with E-state index in [9.17, 15) is 0 Å². The van der Waals surface area contributed by atoms with Gasteiger partial charge in [0.2, 0.25) is 0 Å². The molecule has 0 radical (unpaired) electrons. The molecule has 0 heterocycles. The molecule has 0 N–H and O–H groups in total. The first-order chi connectivity index (χ1) is 7.38. The van der Waals surface area contributed by atoms with Crippen molar-refractivity contribution >= 4 is 0 Å². The SMILES string of the molecule is CC1C=CCC=CC1C1=CC=CCC=C1. The molecule has 15 heavy (non-hydrogen) atoms. The number of hydrogen-bond donors (Lipinski definition) is 0. The molecular formula is C15H18. The summed E-state index contributed by atoms with van der Waals surface area (Å²) in [5.74, 6) is 1.15. The van der Waals surface area contributed by atoms with Gasteiger partial charge in [0, 0.05) is 5.92 Å². The molecule has 0 aromatic heterocycles. The van der Waals surface area contributed by atoms with Crippen molar-refractivity contribution in [3.8, 4) is 0 Å². The summed E-state index contributed by atoms with van der Waals surface area (Å²) < 4.78 is 0. The van der Waals surface area contributed by atoms with Gasteiger partial charge in [-0.1, -0.05) is 61.6 Å². The lowest BCUT2D eigenvalue weighted by molar-refractivity contribution is 0.595. The van der Waals surface area contributed by atoms with E-state index in [0.717, 1.165) is 12.8 Å². The molecule has 2 rings (SSSR count). The molecule has 0 fully saturated rings. The summed E-state index contributed by atoms with van der Waals surface area (Å²) in [5.41, 5.74) is 1.43. The quantitative estimate of drug-likeness (QED) is 0.554. The number of rotatable bonds is 1. The van der Waals surface area contributed by atoms with Gasteiger partial charge in [0.25, 0.3) is 0 Å². The lowest BCUT2D eigenvalue weighted by Gasteiger charge is -2.18. The molecule has 0 saturated heterocycles. The normalized spacial score (nSPS) is 29.8. The van der Waals surface area contributed by atoms with E-state index in [1.54, 1.807) is 0 Å². The predicted octanol–water partition coefficient (Wildman–Crippen LogP) is 4.20. The monoisotopic (exact) mass is 198 g/mol. The Balaban J connectivity index is 2.24. The van der Waals surface area contributed by atoms with Crippen molar-refractivity contribution in [2.24, 2.45) is 11.8 Å². The molecule has 2 aliphatic carbocycles. The van der Waals surface area contributed by atoms with E-state index in [1.807, 2.05) is 0 Å². The van der Waals surface area contributed by atoms with Gasteiger partial charge in [0.05, 0.1) is 0 Å². The fourth-order valence-corrected chi connectivity index (χ4v) is 2.12. The van der Waals surface area contributed by atoms with Crippen molar-refractivity contribution in [1.82, 2.24) is 0 Å². The van der Waals surface area contributed by atoms with Crippen LogP contribution in [0.2, 0.25) is 0 Å². The number of hydrogen-bond acceptors (Lipinski definition) is 0. The second kappa shape index (κ2) is 4.97. The van der Waals surface area contributed by atoms with Gasteiger partial charge in [-0.15, -0.1) is 0 Å². The van der Waals surface area contributed by atoms with Crippen LogP contribution in [-0.2, 0) is 0 Å². The molecule has 2 aliphatic rings. The van der Waals surface area contributed by atoms with E-state index >= 15 is 0 Å². The average Bonchev–Trinajstić information content (AvgIpc) is 2.59. The van der Waals surface area contributed by atoms with Crippen LogP contribution in [0.3, 0.4) is 0 Å². The van der Waals surface area contributed by atoms with E-state index in [-0.39, 0.29) is 0 Å². The van der Waals surface area contributed by atoms with Crippen LogP contribution in [0.1, 0.15) is 19.8 Å². The predicted molar refractivity (Wildman–Crippen MR) is 66.5 cm³/mol. The zero-order valence-electron chi connectivity index (χ0n) is 9.27. The third kappa shape index (κ3) is 2.59. The van der Waals surface area contributed by atoms with Crippen molar-refractivity contribution in [3.05, 3.63) is 60.3 Å². The maximum atomic E-state index is 2.35. The lowest BCUT2D eigenvalue weighted by atomic mass is 9.86. The van der Waals surface area contributed by atoms with Gasteiger partial charge in [-0.3, -0.25) is 0 Å². The highest BCUT2D eigenvalue weighted by atomic mass is 14.2. The maximum Gasteiger partial charge on any atom is 0.00781 e. The Morgan fingerprint density at radius 1 is 1.00 bits per heavy atom. The highest BCUT2D eigenvalue weighted by Gasteiger charge is 2.15. The summed E-state index contributed by atoms with van der Waals surface area (Å²) in [6.45, 7) is 2.29. The average molecular weight is 198 g/mol. The first kappa shape index (κ1) is 10.2. The van der Waals surface area contributed by atoms with Gasteiger partial charge in [-0.25, -0.2) is 0 Å². The third-order valence-corrected chi connectivity index (χ3v) is 3.01. The van der Waals surface area contributed by atoms with Gasteiger partial charge in [-0.2, -0.15) is 0 Å². The van der Waals surface area contributed by atoms with Crippen molar-refractivity contribution in [3.63, 3.8) is 0 Å². The minimum atomic E-state index is 0.544. The first-order valence-electron chi connectivity index (χ1n) is 5.74. The molecule has 78 valence electrons. The van der Waals surface area contributed by atoms with Crippen LogP contribution in [0.4, 0.5) is 0 Å². The second-order valence-electron chi connectivity index (χ2n) is 4.21. The fourth-order valence-electron chi connectivity index (χ4n) is 2.12. The van der Waals surface area contributed by atoms with Crippen LogP contribution in [0.5, 0.6) is 0 Å². The highest BCUT2D eigenvalue weighted by Crippen LogP contribution is 2.27. The molecule has 0 aromatic carbocycles. The number of allylic oxidation sites excluding steroid dienone is 10. The van der Waals surface area contributed by atoms with Crippen molar-refractivity contribution < 1.29 is 0 Å². The molecule has 0 bridgehead atoms. The van der Waals surface area contributed by atoms with Crippen molar-refractivity contribution in [2.45, 2.75) is 19.8 Å². The topological polar surface area (TPSA) is 0 Å². The summed E-state index contributed by atoms with van der Waals surface area (Å²) in [4.78, 5) is 0. The van der Waals surface area contributed by atoms with Crippen molar-refractivity contribution in [2.75, 3.05) is 0 Å². The van der Waals surface area contributed by atoms with Crippen LogP contribution in [0, 0.1) is 11.8 Å². The minimum Gasteiger partial charge on any atom is -0.0845 e. The summed E-state index contributed by atoms with van der Waals surface area (Å²) in [7, 11) is 0. The van der Waals surface area contributed by atoms with E-state index in [1.165, 1.54) is 5.57 Å². The Morgan fingerprint density at radius 2 is 1.80 bits per heavy atom. The van der Waals surface area contributed by atoms with E-state index < -0.39 is 0 Å². The van der Waals surface area contributed by atoms with Crippen molar-refractivity contribution in [1.29, 1.82) is 0 Å². The lowest BCUT2D eigenvalue weighted by Crippen LogP contribution is -2.08. The Morgan fingerprint density at radius 3 is 2.73 bits per heavy atom. The van der Waals surface area contributed by atoms with Gasteiger partial charge in [0.15, 0.2) is 0 Å². The van der Waals surface area contributed by atoms with Crippen LogP contribution >= 0.6 is 0 Å². The van der Waals surface area contributed by atoms with E-state index in [0.29, 0.717) is 11.8 Å². The van der Waals surface area contributed by atoms with Gasteiger partial charge >= 0.3 is 0 Å². The zero-order valence-corrected chi connectivity index (χ0v) is 9.27. The van der Waals surface area contributed by atoms with Crippen LogP contribution in [-0.4, -0.2) is 0 Å². The first-order valence-corrected chi connectivity index (χ1v) is 5.74. The molecule has 0 amide bonds. The second-order valence-corrected chi connectivity index (χ2v) is 4.21. The summed E-state index contributed by atoms with van der Waals surface area (Å²) in [6.07, 6.45) is 22.5. The Labute approximate surface area is 92.4 Å². The molecule has 0 saturated carbocycles. The van der Waals surface area contributed by atoms with Gasteiger partial charge in [0.1, 0.15) is 0 Å². The molecular weight excluding hydrogens is 180 g/mol. The molecule has 0 aliphatic heterocycles. The molecule has 2 atom stereocenters.